The molecule has 0 amide bonds. The van der Waals surface area contributed by atoms with Crippen molar-refractivity contribution in [3.05, 3.63) is 29.3 Å². The summed E-state index contributed by atoms with van der Waals surface area (Å²) in [6.07, 6.45) is 0. The Labute approximate surface area is 88.2 Å². The van der Waals surface area contributed by atoms with Crippen molar-refractivity contribution < 1.29 is 13.9 Å². The molecular weight excluding hydrogens is 197 g/mol. The van der Waals surface area contributed by atoms with E-state index in [1.54, 1.807) is 25.2 Å². The zero-order chi connectivity index (χ0) is 11.3. The monoisotopic (exact) mass is 211 g/mol. The van der Waals surface area contributed by atoms with Crippen LogP contribution in [0.4, 0.5) is 4.39 Å². The van der Waals surface area contributed by atoms with E-state index in [1.165, 1.54) is 7.11 Å². The first-order chi connectivity index (χ1) is 7.24. The van der Waals surface area contributed by atoms with Gasteiger partial charge in [0.15, 0.2) is 5.78 Å². The second-order valence-corrected chi connectivity index (χ2v) is 3.08. The fourth-order valence-corrected chi connectivity index (χ4v) is 1.42. The van der Waals surface area contributed by atoms with Gasteiger partial charge in [0.1, 0.15) is 12.4 Å². The fraction of sp³-hybridized carbons (Fsp3) is 0.364. The fourth-order valence-electron chi connectivity index (χ4n) is 1.42. The normalized spacial score (nSPS) is 10.1. The van der Waals surface area contributed by atoms with Crippen LogP contribution < -0.4 is 10.1 Å². The highest BCUT2D eigenvalue weighted by Crippen LogP contribution is 2.23. The van der Waals surface area contributed by atoms with Gasteiger partial charge in [-0.1, -0.05) is 12.1 Å². The topological polar surface area (TPSA) is 38.3 Å². The summed E-state index contributed by atoms with van der Waals surface area (Å²) in [4.78, 5) is 11.7. The van der Waals surface area contributed by atoms with Gasteiger partial charge in [-0.05, 0) is 18.7 Å². The summed E-state index contributed by atoms with van der Waals surface area (Å²) in [6, 6.07) is 4.91. The van der Waals surface area contributed by atoms with Crippen LogP contribution in [-0.2, 0) is 6.67 Å². The van der Waals surface area contributed by atoms with Crippen LogP contribution in [0.5, 0.6) is 5.75 Å². The van der Waals surface area contributed by atoms with Crippen molar-refractivity contribution in [3.8, 4) is 5.75 Å². The van der Waals surface area contributed by atoms with Crippen LogP contribution in [0.15, 0.2) is 18.2 Å². The Morgan fingerprint density at radius 1 is 1.53 bits per heavy atom. The molecule has 0 saturated heterocycles. The first-order valence-corrected chi connectivity index (χ1v) is 4.64. The van der Waals surface area contributed by atoms with E-state index in [2.05, 4.69) is 5.32 Å². The van der Waals surface area contributed by atoms with E-state index >= 15 is 0 Å². The number of benzene rings is 1. The molecule has 0 aliphatic rings. The molecule has 0 radical (unpaired) electrons. The Morgan fingerprint density at radius 2 is 2.27 bits per heavy atom. The zero-order valence-corrected chi connectivity index (χ0v) is 8.84. The highest BCUT2D eigenvalue weighted by Gasteiger charge is 2.15. The van der Waals surface area contributed by atoms with E-state index in [0.717, 1.165) is 0 Å². The van der Waals surface area contributed by atoms with Gasteiger partial charge in [-0.3, -0.25) is 4.79 Å². The molecule has 0 aliphatic carbocycles. The average Bonchev–Trinajstić information content (AvgIpc) is 2.28. The van der Waals surface area contributed by atoms with Crippen LogP contribution >= 0.6 is 0 Å². The van der Waals surface area contributed by atoms with Crippen molar-refractivity contribution in [1.82, 2.24) is 5.32 Å². The minimum Gasteiger partial charge on any atom is -0.496 e. The molecule has 0 heterocycles. The highest BCUT2D eigenvalue weighted by molar-refractivity contribution is 6.01. The second kappa shape index (κ2) is 5.46. The number of carbonyl (C=O) groups excluding carboxylic acids is 1. The summed E-state index contributed by atoms with van der Waals surface area (Å²) in [5.41, 5.74) is 0.700. The number of hydrogen-bond acceptors (Lipinski definition) is 3. The first-order valence-electron chi connectivity index (χ1n) is 4.64. The lowest BCUT2D eigenvalue weighted by molar-refractivity contribution is 0.0989. The van der Waals surface area contributed by atoms with Gasteiger partial charge in [0.2, 0.25) is 0 Å². The number of ether oxygens (including phenoxy) is 1. The quantitative estimate of drug-likeness (QED) is 0.751. The van der Waals surface area contributed by atoms with Crippen LogP contribution in [0.25, 0.3) is 0 Å². The summed E-state index contributed by atoms with van der Waals surface area (Å²) >= 11 is 0. The Morgan fingerprint density at radius 3 is 2.80 bits per heavy atom. The lowest BCUT2D eigenvalue weighted by Crippen LogP contribution is -2.20. The third-order valence-electron chi connectivity index (χ3n) is 2.09. The summed E-state index contributed by atoms with van der Waals surface area (Å²) in [6.45, 7) is -0.491. The van der Waals surface area contributed by atoms with E-state index in [9.17, 15) is 9.18 Å². The maximum atomic E-state index is 12.7. The Kier molecular flexibility index (Phi) is 4.24. The Hall–Kier alpha value is -1.42. The van der Waals surface area contributed by atoms with Crippen molar-refractivity contribution in [1.29, 1.82) is 0 Å². The van der Waals surface area contributed by atoms with Crippen LogP contribution in [0.3, 0.4) is 0 Å². The van der Waals surface area contributed by atoms with Crippen LogP contribution in [0.1, 0.15) is 15.9 Å². The molecule has 4 heteroatoms. The molecule has 1 N–H and O–H groups in total. The lowest BCUT2D eigenvalue weighted by Gasteiger charge is -2.10. The maximum Gasteiger partial charge on any atom is 0.180 e. The molecule has 1 aromatic carbocycles. The molecular formula is C11H14FNO2. The van der Waals surface area contributed by atoms with Crippen molar-refractivity contribution in [2.45, 2.75) is 6.67 Å². The molecule has 0 bridgehead atoms. The third kappa shape index (κ3) is 2.53. The Bertz CT molecular complexity index is 330. The number of nitrogens with one attached hydrogen (secondary N) is 1. The molecule has 0 spiro atoms. The van der Waals surface area contributed by atoms with Gasteiger partial charge in [-0.25, -0.2) is 4.39 Å². The van der Waals surface area contributed by atoms with E-state index in [1.807, 2.05) is 0 Å². The summed E-state index contributed by atoms with van der Waals surface area (Å²) < 4.78 is 17.7. The molecule has 0 unspecified atom stereocenters. The van der Waals surface area contributed by atoms with Crippen molar-refractivity contribution >= 4 is 5.78 Å². The molecule has 0 fully saturated rings. The number of methoxy groups -OCH3 is 1. The number of Topliss-reactive ketones (excluding diaryl/α,β-unsaturated/α-hetero) is 1. The number of rotatable bonds is 5. The molecule has 0 aromatic heterocycles. The molecule has 82 valence electrons. The van der Waals surface area contributed by atoms with Crippen LogP contribution in [-0.4, -0.2) is 26.5 Å². The maximum absolute atomic E-state index is 12.7. The first kappa shape index (κ1) is 11.7. The number of carbonyl (C=O) groups is 1. The predicted octanol–water partition coefficient (Wildman–Crippen LogP) is 1.57. The Balaban J connectivity index is 3.15. The number of ketones is 1. The van der Waals surface area contributed by atoms with Gasteiger partial charge >= 0.3 is 0 Å². The zero-order valence-electron chi connectivity index (χ0n) is 8.84. The highest BCUT2D eigenvalue weighted by atomic mass is 19.1. The van der Waals surface area contributed by atoms with Crippen LogP contribution in [0.2, 0.25) is 0 Å². The van der Waals surface area contributed by atoms with Crippen molar-refractivity contribution in [2.24, 2.45) is 0 Å². The van der Waals surface area contributed by atoms with Crippen molar-refractivity contribution in [3.63, 3.8) is 0 Å². The third-order valence-corrected chi connectivity index (χ3v) is 2.09. The van der Waals surface area contributed by atoms with E-state index in [4.69, 9.17) is 4.74 Å². The van der Waals surface area contributed by atoms with Crippen molar-refractivity contribution in [2.75, 3.05) is 20.7 Å². The smallest absolute Gasteiger partial charge is 0.180 e. The minimum absolute atomic E-state index is 0.164. The molecule has 1 rings (SSSR count). The van der Waals surface area contributed by atoms with Gasteiger partial charge in [-0.15, -0.1) is 0 Å². The lowest BCUT2D eigenvalue weighted by atomic mass is 10.0. The molecule has 3 nitrogen and oxygen atoms in total. The van der Waals surface area contributed by atoms with Gasteiger partial charge in [-0.2, -0.15) is 0 Å². The number of alkyl halides is 1. The number of hydrogen-bond donors (Lipinski definition) is 1. The minimum atomic E-state index is -0.665. The summed E-state index contributed by atoms with van der Waals surface area (Å²) in [5.74, 6) is 0.257. The van der Waals surface area contributed by atoms with Gasteiger partial charge < -0.3 is 10.1 Å². The number of halogens is 1. The molecule has 0 saturated carbocycles. The SMILES string of the molecule is CNCC(=O)c1c(CF)cccc1OC. The molecule has 1 aromatic rings. The molecule has 0 aliphatic heterocycles. The van der Waals surface area contributed by atoms with E-state index in [-0.39, 0.29) is 12.3 Å². The van der Waals surface area contributed by atoms with E-state index in [0.29, 0.717) is 16.9 Å². The van der Waals surface area contributed by atoms with Gasteiger partial charge in [0.05, 0.1) is 19.2 Å². The standard InChI is InChI=1S/C11H14FNO2/c1-13-7-9(14)11-8(6-12)4-3-5-10(11)15-2/h3-5,13H,6-7H2,1-2H3. The van der Waals surface area contributed by atoms with E-state index < -0.39 is 6.67 Å². The number of likely N-dealkylation sites (N-methyl/N-ethyl adjacent to an activating group) is 1. The molecule has 0 atom stereocenters. The summed E-state index contributed by atoms with van der Waals surface area (Å²) in [7, 11) is 3.13. The average molecular weight is 211 g/mol. The van der Waals surface area contributed by atoms with Crippen LogP contribution in [0, 0.1) is 0 Å². The summed E-state index contributed by atoms with van der Waals surface area (Å²) in [5, 5.41) is 2.74. The van der Waals surface area contributed by atoms with Gasteiger partial charge in [0, 0.05) is 0 Å². The van der Waals surface area contributed by atoms with Gasteiger partial charge in [0.25, 0.3) is 0 Å². The molecule has 15 heavy (non-hydrogen) atoms. The predicted molar refractivity (Wildman–Crippen MR) is 56.1 cm³/mol. The largest absolute Gasteiger partial charge is 0.496 e. The second-order valence-electron chi connectivity index (χ2n) is 3.08.